The Hall–Kier alpha value is -1.16. The summed E-state index contributed by atoms with van der Waals surface area (Å²) in [6.07, 6.45) is 5.71. The van der Waals surface area contributed by atoms with Crippen molar-refractivity contribution in [2.24, 2.45) is 0 Å². The standard InChI is InChI=1S/C14H24N4/c1-4-15-14-11-7-5-6-8-12(11)16-13(17-14)9-10-18(2)3/h4-10H2,1-3H3,(H,15,16,17). The minimum Gasteiger partial charge on any atom is -0.370 e. The summed E-state index contributed by atoms with van der Waals surface area (Å²) >= 11 is 0. The predicted octanol–water partition coefficient (Wildman–Crippen LogP) is 1.89. The van der Waals surface area contributed by atoms with Gasteiger partial charge in [-0.1, -0.05) is 0 Å². The minimum absolute atomic E-state index is 0.927. The molecule has 4 nitrogen and oxygen atoms in total. The molecule has 0 radical (unpaired) electrons. The van der Waals surface area contributed by atoms with Gasteiger partial charge in [-0.25, -0.2) is 9.97 Å². The number of nitrogens with zero attached hydrogens (tertiary/aromatic N) is 3. The van der Waals surface area contributed by atoms with Gasteiger partial charge < -0.3 is 10.2 Å². The SMILES string of the molecule is CCNc1nc(CCN(C)C)nc2c1CCCC2. The van der Waals surface area contributed by atoms with E-state index in [9.17, 15) is 0 Å². The van der Waals surface area contributed by atoms with Crippen LogP contribution in [0.25, 0.3) is 0 Å². The highest BCUT2D eigenvalue weighted by Gasteiger charge is 2.17. The van der Waals surface area contributed by atoms with Crippen molar-refractivity contribution in [2.45, 2.75) is 39.0 Å². The molecule has 1 aromatic rings. The Morgan fingerprint density at radius 2 is 1.94 bits per heavy atom. The van der Waals surface area contributed by atoms with Crippen molar-refractivity contribution < 1.29 is 0 Å². The normalized spacial score (nSPS) is 14.7. The Bertz CT molecular complexity index is 401. The van der Waals surface area contributed by atoms with Crippen LogP contribution in [0.2, 0.25) is 0 Å². The first-order valence-corrected chi connectivity index (χ1v) is 6.98. The van der Waals surface area contributed by atoms with Crippen LogP contribution < -0.4 is 5.32 Å². The van der Waals surface area contributed by atoms with Gasteiger partial charge in [-0.2, -0.15) is 0 Å². The van der Waals surface area contributed by atoms with Gasteiger partial charge in [-0.05, 0) is 46.7 Å². The van der Waals surface area contributed by atoms with Crippen molar-refractivity contribution >= 4 is 5.82 Å². The van der Waals surface area contributed by atoms with E-state index in [4.69, 9.17) is 9.97 Å². The first-order valence-electron chi connectivity index (χ1n) is 6.98. The summed E-state index contributed by atoms with van der Waals surface area (Å²) in [5, 5.41) is 3.40. The lowest BCUT2D eigenvalue weighted by Crippen LogP contribution is -2.19. The summed E-state index contributed by atoms with van der Waals surface area (Å²) in [4.78, 5) is 11.6. The molecule has 0 saturated heterocycles. The van der Waals surface area contributed by atoms with Crippen LogP contribution in [0, 0.1) is 0 Å². The molecule has 0 aliphatic heterocycles. The first-order chi connectivity index (χ1) is 8.70. The zero-order valence-corrected chi connectivity index (χ0v) is 11.8. The molecular weight excluding hydrogens is 224 g/mol. The van der Waals surface area contributed by atoms with E-state index < -0.39 is 0 Å². The molecule has 0 saturated carbocycles. The number of aromatic nitrogens is 2. The highest BCUT2D eigenvalue weighted by molar-refractivity contribution is 5.47. The molecule has 0 bridgehead atoms. The second-order valence-corrected chi connectivity index (χ2v) is 5.20. The van der Waals surface area contributed by atoms with E-state index in [-0.39, 0.29) is 0 Å². The van der Waals surface area contributed by atoms with Gasteiger partial charge in [0.15, 0.2) is 0 Å². The summed E-state index contributed by atoms with van der Waals surface area (Å²) in [6, 6.07) is 0. The van der Waals surface area contributed by atoms with E-state index in [2.05, 4.69) is 31.2 Å². The van der Waals surface area contributed by atoms with Crippen LogP contribution in [0.3, 0.4) is 0 Å². The maximum atomic E-state index is 4.75. The van der Waals surface area contributed by atoms with E-state index >= 15 is 0 Å². The fourth-order valence-electron chi connectivity index (χ4n) is 2.39. The zero-order chi connectivity index (χ0) is 13.0. The van der Waals surface area contributed by atoms with Gasteiger partial charge in [0.2, 0.25) is 0 Å². The maximum Gasteiger partial charge on any atom is 0.133 e. The van der Waals surface area contributed by atoms with Crippen molar-refractivity contribution in [3.05, 3.63) is 17.1 Å². The summed E-state index contributed by atoms with van der Waals surface area (Å²) < 4.78 is 0. The molecule has 1 aromatic heterocycles. The molecule has 100 valence electrons. The molecule has 0 spiro atoms. The molecule has 2 rings (SSSR count). The molecule has 4 heteroatoms. The van der Waals surface area contributed by atoms with Gasteiger partial charge in [0.1, 0.15) is 11.6 Å². The molecule has 1 N–H and O–H groups in total. The monoisotopic (exact) mass is 248 g/mol. The molecule has 0 unspecified atom stereocenters. The van der Waals surface area contributed by atoms with Crippen LogP contribution in [-0.2, 0) is 19.3 Å². The third-order valence-corrected chi connectivity index (χ3v) is 3.36. The first kappa shape index (κ1) is 13.3. The summed E-state index contributed by atoms with van der Waals surface area (Å²) in [5.74, 6) is 2.07. The predicted molar refractivity (Wildman–Crippen MR) is 75.1 cm³/mol. The van der Waals surface area contributed by atoms with Crippen molar-refractivity contribution in [1.82, 2.24) is 14.9 Å². The second kappa shape index (κ2) is 6.14. The Morgan fingerprint density at radius 1 is 1.17 bits per heavy atom. The molecule has 1 heterocycles. The summed E-state index contributed by atoms with van der Waals surface area (Å²) in [6.45, 7) is 4.05. The third-order valence-electron chi connectivity index (χ3n) is 3.36. The molecule has 0 atom stereocenters. The van der Waals surface area contributed by atoms with E-state index in [1.165, 1.54) is 24.1 Å². The van der Waals surface area contributed by atoms with Gasteiger partial charge in [0.25, 0.3) is 0 Å². The van der Waals surface area contributed by atoms with Crippen LogP contribution in [0.5, 0.6) is 0 Å². The molecule has 1 aliphatic carbocycles. The van der Waals surface area contributed by atoms with Crippen LogP contribution >= 0.6 is 0 Å². The smallest absolute Gasteiger partial charge is 0.133 e. The lowest BCUT2D eigenvalue weighted by molar-refractivity contribution is 0.409. The van der Waals surface area contributed by atoms with Gasteiger partial charge >= 0.3 is 0 Å². The largest absolute Gasteiger partial charge is 0.370 e. The fraction of sp³-hybridized carbons (Fsp3) is 0.714. The fourth-order valence-corrected chi connectivity index (χ4v) is 2.39. The van der Waals surface area contributed by atoms with E-state index in [1.54, 1.807) is 0 Å². The number of rotatable bonds is 5. The van der Waals surface area contributed by atoms with Crippen molar-refractivity contribution in [1.29, 1.82) is 0 Å². The quantitative estimate of drug-likeness (QED) is 0.864. The highest BCUT2D eigenvalue weighted by atomic mass is 15.1. The Morgan fingerprint density at radius 3 is 2.67 bits per heavy atom. The van der Waals surface area contributed by atoms with Gasteiger partial charge in [-0.15, -0.1) is 0 Å². The molecule has 0 aromatic carbocycles. The lowest BCUT2D eigenvalue weighted by atomic mass is 9.96. The third kappa shape index (κ3) is 3.19. The Kier molecular flexibility index (Phi) is 4.53. The van der Waals surface area contributed by atoms with Gasteiger partial charge in [0, 0.05) is 30.8 Å². The molecule has 0 fully saturated rings. The number of likely N-dealkylation sites (N-methyl/N-ethyl adjacent to an activating group) is 1. The number of hydrogen-bond acceptors (Lipinski definition) is 4. The summed E-state index contributed by atoms with van der Waals surface area (Å²) in [7, 11) is 4.17. The summed E-state index contributed by atoms with van der Waals surface area (Å²) in [5.41, 5.74) is 2.64. The minimum atomic E-state index is 0.927. The van der Waals surface area contributed by atoms with Gasteiger partial charge in [0.05, 0.1) is 0 Å². The number of anilines is 1. The van der Waals surface area contributed by atoms with E-state index in [0.29, 0.717) is 0 Å². The number of fused-ring (bicyclic) bond motifs is 1. The van der Waals surface area contributed by atoms with Crippen LogP contribution in [0.1, 0.15) is 36.8 Å². The maximum absolute atomic E-state index is 4.75. The topological polar surface area (TPSA) is 41.1 Å². The molecule has 1 aliphatic rings. The van der Waals surface area contributed by atoms with Crippen molar-refractivity contribution in [3.8, 4) is 0 Å². The Balaban J connectivity index is 2.23. The average Bonchev–Trinajstić information content (AvgIpc) is 2.37. The lowest BCUT2D eigenvalue weighted by Gasteiger charge is -2.20. The van der Waals surface area contributed by atoms with Crippen LogP contribution in [-0.4, -0.2) is 42.1 Å². The van der Waals surface area contributed by atoms with Crippen LogP contribution in [0.4, 0.5) is 5.82 Å². The number of aryl methyl sites for hydroxylation is 1. The zero-order valence-electron chi connectivity index (χ0n) is 11.8. The Labute approximate surface area is 110 Å². The van der Waals surface area contributed by atoms with Gasteiger partial charge in [-0.3, -0.25) is 0 Å². The number of hydrogen-bond donors (Lipinski definition) is 1. The number of nitrogens with one attached hydrogen (secondary N) is 1. The average molecular weight is 248 g/mol. The van der Waals surface area contributed by atoms with E-state index in [1.807, 2.05) is 0 Å². The highest BCUT2D eigenvalue weighted by Crippen LogP contribution is 2.25. The van der Waals surface area contributed by atoms with Crippen LogP contribution in [0.15, 0.2) is 0 Å². The van der Waals surface area contributed by atoms with Crippen molar-refractivity contribution in [3.63, 3.8) is 0 Å². The van der Waals surface area contributed by atoms with Crippen molar-refractivity contribution in [2.75, 3.05) is 32.5 Å². The second-order valence-electron chi connectivity index (χ2n) is 5.20. The molecule has 0 amide bonds. The molecule has 18 heavy (non-hydrogen) atoms. The van der Waals surface area contributed by atoms with E-state index in [0.717, 1.165) is 44.0 Å². The molecular formula is C14H24N4.